The monoisotopic (exact) mass is 390 g/mol. The maximum absolute atomic E-state index is 13.1. The van der Waals surface area contributed by atoms with E-state index in [1.807, 2.05) is 13.8 Å². The predicted octanol–water partition coefficient (Wildman–Crippen LogP) is 3.86. The zero-order valence-electron chi connectivity index (χ0n) is 13.6. The Morgan fingerprint density at radius 2 is 1.88 bits per heavy atom. The average molecular weight is 391 g/mol. The number of hydrogen-bond acceptors (Lipinski definition) is 3. The van der Waals surface area contributed by atoms with Gasteiger partial charge in [0.15, 0.2) is 5.78 Å². The van der Waals surface area contributed by atoms with Gasteiger partial charge in [-0.2, -0.15) is 0 Å². The molecule has 0 bridgehead atoms. The van der Waals surface area contributed by atoms with E-state index >= 15 is 0 Å². The van der Waals surface area contributed by atoms with Gasteiger partial charge in [-0.25, -0.2) is 9.37 Å². The fourth-order valence-electron chi connectivity index (χ4n) is 2.94. The third kappa shape index (κ3) is 2.75. The number of anilines is 1. The summed E-state index contributed by atoms with van der Waals surface area (Å²) in [6.45, 7) is 6.03. The third-order valence-electron chi connectivity index (χ3n) is 4.17. The molecule has 0 unspecified atom stereocenters. The SMILES string of the molecule is CC(=O)N1CC(C)(C)c2nc(Br)c(C(=O)c3ccc(F)cc3)cc21. The Hall–Kier alpha value is -2.08. The van der Waals surface area contributed by atoms with Gasteiger partial charge in [0.05, 0.1) is 16.9 Å². The summed E-state index contributed by atoms with van der Waals surface area (Å²) in [4.78, 5) is 30.8. The maximum Gasteiger partial charge on any atom is 0.223 e. The van der Waals surface area contributed by atoms with Crippen LogP contribution in [0, 0.1) is 5.82 Å². The van der Waals surface area contributed by atoms with Gasteiger partial charge >= 0.3 is 0 Å². The summed E-state index contributed by atoms with van der Waals surface area (Å²) >= 11 is 3.36. The number of carbonyl (C=O) groups is 2. The highest BCUT2D eigenvalue weighted by molar-refractivity contribution is 9.10. The highest BCUT2D eigenvalue weighted by Crippen LogP contribution is 2.41. The lowest BCUT2D eigenvalue weighted by atomic mass is 9.91. The van der Waals surface area contributed by atoms with Crippen LogP contribution >= 0.6 is 15.9 Å². The normalized spacial score (nSPS) is 15.3. The second-order valence-corrected chi connectivity index (χ2v) is 7.27. The number of nitrogens with zero attached hydrogens (tertiary/aromatic N) is 2. The van der Waals surface area contributed by atoms with Crippen molar-refractivity contribution in [2.24, 2.45) is 0 Å². The molecule has 0 saturated carbocycles. The maximum atomic E-state index is 13.1. The predicted molar refractivity (Wildman–Crippen MR) is 92.8 cm³/mol. The van der Waals surface area contributed by atoms with E-state index in [0.29, 0.717) is 28.0 Å². The van der Waals surface area contributed by atoms with E-state index in [9.17, 15) is 14.0 Å². The van der Waals surface area contributed by atoms with E-state index in [4.69, 9.17) is 0 Å². The molecule has 124 valence electrons. The van der Waals surface area contributed by atoms with Gasteiger partial charge < -0.3 is 4.90 Å². The number of aromatic nitrogens is 1. The Balaban J connectivity index is 2.11. The molecule has 6 heteroatoms. The summed E-state index contributed by atoms with van der Waals surface area (Å²) < 4.78 is 13.5. The van der Waals surface area contributed by atoms with Crippen LogP contribution < -0.4 is 4.90 Å². The zero-order chi connectivity index (χ0) is 17.6. The molecule has 0 fully saturated rings. The van der Waals surface area contributed by atoms with Crippen LogP contribution in [0.3, 0.4) is 0 Å². The first kappa shape index (κ1) is 16.8. The van der Waals surface area contributed by atoms with Crippen molar-refractivity contribution in [1.29, 1.82) is 0 Å². The first-order valence-electron chi connectivity index (χ1n) is 7.50. The molecule has 1 aliphatic rings. The van der Waals surface area contributed by atoms with Crippen LogP contribution in [0.1, 0.15) is 42.4 Å². The average Bonchev–Trinajstić information content (AvgIpc) is 2.78. The van der Waals surface area contributed by atoms with E-state index in [1.54, 1.807) is 11.0 Å². The van der Waals surface area contributed by atoms with Crippen molar-refractivity contribution in [2.75, 3.05) is 11.4 Å². The minimum atomic E-state index is -0.401. The summed E-state index contributed by atoms with van der Waals surface area (Å²) in [6.07, 6.45) is 0. The number of benzene rings is 1. The minimum Gasteiger partial charge on any atom is -0.310 e. The van der Waals surface area contributed by atoms with Crippen LogP contribution in [0.4, 0.5) is 10.1 Å². The van der Waals surface area contributed by atoms with Gasteiger partial charge in [0.2, 0.25) is 5.91 Å². The molecule has 2 aromatic rings. The first-order chi connectivity index (χ1) is 11.2. The number of ketones is 1. The Kier molecular flexibility index (Phi) is 4.03. The highest BCUT2D eigenvalue weighted by atomic mass is 79.9. The number of rotatable bonds is 2. The molecule has 0 N–H and O–H groups in total. The van der Waals surface area contributed by atoms with Crippen molar-refractivity contribution >= 4 is 33.3 Å². The van der Waals surface area contributed by atoms with Gasteiger partial charge in [0.1, 0.15) is 10.4 Å². The molecule has 1 aliphatic heterocycles. The number of carbonyl (C=O) groups excluding carboxylic acids is 2. The molecule has 2 heterocycles. The Morgan fingerprint density at radius 3 is 2.46 bits per heavy atom. The lowest BCUT2D eigenvalue weighted by Crippen LogP contribution is -2.32. The summed E-state index contributed by atoms with van der Waals surface area (Å²) in [5, 5.41) is 0. The zero-order valence-corrected chi connectivity index (χ0v) is 15.1. The van der Waals surface area contributed by atoms with Gasteiger partial charge in [-0.15, -0.1) is 0 Å². The molecule has 0 saturated heterocycles. The summed E-state index contributed by atoms with van der Waals surface area (Å²) in [6, 6.07) is 7.04. The standard InChI is InChI=1S/C18H16BrFN2O2/c1-10(23)22-9-18(2,3)16-14(22)8-13(17(19)21-16)15(24)11-4-6-12(20)7-5-11/h4-8H,9H2,1-3H3. The van der Waals surface area contributed by atoms with E-state index in [-0.39, 0.29) is 17.1 Å². The molecule has 4 nitrogen and oxygen atoms in total. The Labute approximate surface area is 147 Å². The largest absolute Gasteiger partial charge is 0.310 e. The van der Waals surface area contributed by atoms with Gasteiger partial charge in [0.25, 0.3) is 0 Å². The molecular formula is C18H16BrFN2O2. The number of pyridine rings is 1. The molecular weight excluding hydrogens is 375 g/mol. The van der Waals surface area contributed by atoms with E-state index < -0.39 is 5.82 Å². The smallest absolute Gasteiger partial charge is 0.223 e. The van der Waals surface area contributed by atoms with Crippen LogP contribution in [0.25, 0.3) is 0 Å². The molecule has 1 amide bonds. The fourth-order valence-corrected chi connectivity index (χ4v) is 3.41. The fraction of sp³-hybridized carbons (Fsp3) is 0.278. The van der Waals surface area contributed by atoms with E-state index in [0.717, 1.165) is 5.69 Å². The van der Waals surface area contributed by atoms with Crippen molar-refractivity contribution < 1.29 is 14.0 Å². The van der Waals surface area contributed by atoms with Crippen LogP contribution in [-0.4, -0.2) is 23.2 Å². The second kappa shape index (κ2) is 5.77. The van der Waals surface area contributed by atoms with Crippen molar-refractivity contribution in [1.82, 2.24) is 4.98 Å². The van der Waals surface area contributed by atoms with E-state index in [2.05, 4.69) is 20.9 Å². The minimum absolute atomic E-state index is 0.0915. The van der Waals surface area contributed by atoms with Crippen molar-refractivity contribution in [3.05, 3.63) is 57.6 Å². The molecule has 0 aliphatic carbocycles. The molecule has 3 rings (SSSR count). The first-order valence-corrected chi connectivity index (χ1v) is 8.29. The second-order valence-electron chi connectivity index (χ2n) is 6.52. The number of fused-ring (bicyclic) bond motifs is 1. The van der Waals surface area contributed by atoms with Crippen molar-refractivity contribution in [3.63, 3.8) is 0 Å². The van der Waals surface area contributed by atoms with Crippen LogP contribution in [0.2, 0.25) is 0 Å². The van der Waals surface area contributed by atoms with Crippen LogP contribution in [0.15, 0.2) is 34.9 Å². The molecule has 0 atom stereocenters. The number of amides is 1. The summed E-state index contributed by atoms with van der Waals surface area (Å²) in [5.74, 6) is -0.765. The molecule has 0 spiro atoms. The molecule has 1 aromatic heterocycles. The summed E-state index contributed by atoms with van der Waals surface area (Å²) in [5.41, 5.74) is 1.86. The quantitative estimate of drug-likeness (QED) is 0.577. The number of halogens is 2. The topological polar surface area (TPSA) is 50.3 Å². The third-order valence-corrected chi connectivity index (χ3v) is 4.78. The highest BCUT2D eigenvalue weighted by Gasteiger charge is 2.39. The van der Waals surface area contributed by atoms with Crippen molar-refractivity contribution in [3.8, 4) is 0 Å². The van der Waals surface area contributed by atoms with Gasteiger partial charge in [0, 0.05) is 24.4 Å². The van der Waals surface area contributed by atoms with Crippen LogP contribution in [-0.2, 0) is 10.2 Å². The van der Waals surface area contributed by atoms with Gasteiger partial charge in [-0.05, 0) is 46.3 Å². The lowest BCUT2D eigenvalue weighted by Gasteiger charge is -2.18. The lowest BCUT2D eigenvalue weighted by molar-refractivity contribution is -0.116. The van der Waals surface area contributed by atoms with Crippen LogP contribution in [0.5, 0.6) is 0 Å². The van der Waals surface area contributed by atoms with Crippen molar-refractivity contribution in [2.45, 2.75) is 26.2 Å². The summed E-state index contributed by atoms with van der Waals surface area (Å²) in [7, 11) is 0. The molecule has 1 aromatic carbocycles. The Bertz CT molecular complexity index is 847. The Morgan fingerprint density at radius 1 is 1.25 bits per heavy atom. The molecule has 0 radical (unpaired) electrons. The van der Waals surface area contributed by atoms with Gasteiger partial charge in [-0.1, -0.05) is 13.8 Å². The van der Waals surface area contributed by atoms with Gasteiger partial charge in [-0.3, -0.25) is 9.59 Å². The molecule has 24 heavy (non-hydrogen) atoms. The van der Waals surface area contributed by atoms with E-state index in [1.165, 1.54) is 31.2 Å². The number of hydrogen-bond donors (Lipinski definition) is 0.